The van der Waals surface area contributed by atoms with Crippen molar-refractivity contribution in [1.82, 2.24) is 19.9 Å². The molecule has 0 atom stereocenters. The Morgan fingerprint density at radius 2 is 1.91 bits per heavy atom. The van der Waals surface area contributed by atoms with Gasteiger partial charge in [0, 0.05) is 30.2 Å². The summed E-state index contributed by atoms with van der Waals surface area (Å²) in [6.45, 7) is 1.24. The Hall–Kier alpha value is -3.67. The molecule has 33 heavy (non-hydrogen) atoms. The second-order valence-electron chi connectivity index (χ2n) is 8.67. The molecule has 2 heterocycles. The molecule has 0 saturated heterocycles. The maximum absolute atomic E-state index is 12.6. The summed E-state index contributed by atoms with van der Waals surface area (Å²) < 4.78 is 8.05. The summed E-state index contributed by atoms with van der Waals surface area (Å²) in [7, 11) is 0. The predicted molar refractivity (Wildman–Crippen MR) is 129 cm³/mol. The van der Waals surface area contributed by atoms with E-state index in [1.54, 1.807) is 18.7 Å². The van der Waals surface area contributed by atoms with E-state index in [1.165, 1.54) is 32.1 Å². The Morgan fingerprint density at radius 3 is 2.70 bits per heavy atom. The number of aromatic nitrogens is 3. The number of nitrogens with one attached hydrogen (secondary N) is 1. The summed E-state index contributed by atoms with van der Waals surface area (Å²) in [5.74, 6) is 1.46. The first-order chi connectivity index (χ1) is 16.3. The third-order valence-corrected chi connectivity index (χ3v) is 6.31. The van der Waals surface area contributed by atoms with Crippen LogP contribution >= 0.6 is 0 Å². The first kappa shape index (κ1) is 21.2. The van der Waals surface area contributed by atoms with Gasteiger partial charge in [-0.3, -0.25) is 14.3 Å². The van der Waals surface area contributed by atoms with Gasteiger partial charge in [-0.25, -0.2) is 4.98 Å². The van der Waals surface area contributed by atoms with Crippen LogP contribution in [0.4, 0.5) is 0 Å². The van der Waals surface area contributed by atoms with E-state index in [-0.39, 0.29) is 5.91 Å². The minimum absolute atomic E-state index is 0.130. The van der Waals surface area contributed by atoms with Crippen molar-refractivity contribution in [3.63, 3.8) is 0 Å². The number of carbonyl (C=O) groups excluding carboxylic acids is 1. The molecule has 1 saturated carbocycles. The average Bonchev–Trinajstić information content (AvgIpc) is 3.31. The molecule has 2 aromatic heterocycles. The molecule has 0 unspecified atom stereocenters. The topological polar surface area (TPSA) is 69.0 Å². The normalized spacial score (nSPS) is 14.3. The zero-order chi connectivity index (χ0) is 22.5. The summed E-state index contributed by atoms with van der Waals surface area (Å²) in [6.07, 6.45) is 11.8. The summed E-state index contributed by atoms with van der Waals surface area (Å²) in [5.41, 5.74) is 4.29. The number of fused-ring (bicyclic) bond motifs is 1. The van der Waals surface area contributed by atoms with Gasteiger partial charge >= 0.3 is 0 Å². The third-order valence-electron chi connectivity index (χ3n) is 6.31. The number of imidazole rings is 1. The van der Waals surface area contributed by atoms with Crippen molar-refractivity contribution in [2.75, 3.05) is 6.61 Å². The van der Waals surface area contributed by atoms with Gasteiger partial charge < -0.3 is 10.1 Å². The van der Waals surface area contributed by atoms with Crippen LogP contribution in [0.5, 0.6) is 5.75 Å². The van der Waals surface area contributed by atoms with Crippen LogP contribution in [-0.2, 0) is 6.54 Å². The van der Waals surface area contributed by atoms with Crippen molar-refractivity contribution < 1.29 is 9.53 Å². The SMILES string of the molecule is O=C(NCc1cccnc1)c1ccc2c(c1)ncn2-c1ccc(OCC2CCCCC2)cc1. The van der Waals surface area contributed by atoms with Crippen LogP contribution in [0, 0.1) is 5.92 Å². The molecule has 6 nitrogen and oxygen atoms in total. The fraction of sp³-hybridized carbons (Fsp3) is 0.296. The van der Waals surface area contributed by atoms with E-state index >= 15 is 0 Å². The van der Waals surface area contributed by atoms with Crippen molar-refractivity contribution in [2.24, 2.45) is 5.92 Å². The minimum atomic E-state index is -0.130. The Labute approximate surface area is 193 Å². The molecule has 1 fully saturated rings. The Bertz CT molecular complexity index is 1210. The standard InChI is InChI=1S/C27H28N4O2/c32-27(29-17-21-7-4-14-28-16-21)22-8-13-26-25(15-22)30-19-31(26)23-9-11-24(12-10-23)33-18-20-5-2-1-3-6-20/h4,7-16,19-20H,1-3,5-6,17-18H2,(H,29,32). The fourth-order valence-corrected chi connectivity index (χ4v) is 4.42. The molecule has 2 aromatic carbocycles. The van der Waals surface area contributed by atoms with Gasteiger partial charge in [-0.1, -0.05) is 25.3 Å². The van der Waals surface area contributed by atoms with Crippen molar-refractivity contribution >= 4 is 16.9 Å². The second-order valence-corrected chi connectivity index (χ2v) is 8.67. The van der Waals surface area contributed by atoms with Gasteiger partial charge in [0.2, 0.25) is 0 Å². The van der Waals surface area contributed by atoms with Gasteiger partial charge in [0.05, 0.1) is 17.6 Å². The first-order valence-corrected chi connectivity index (χ1v) is 11.6. The third kappa shape index (κ3) is 5.06. The summed E-state index contributed by atoms with van der Waals surface area (Å²) in [5, 5.41) is 2.93. The zero-order valence-corrected chi connectivity index (χ0v) is 18.6. The van der Waals surface area contributed by atoms with Crippen molar-refractivity contribution in [3.05, 3.63) is 84.4 Å². The van der Waals surface area contributed by atoms with Crippen LogP contribution in [0.3, 0.4) is 0 Å². The maximum atomic E-state index is 12.6. The van der Waals surface area contributed by atoms with Crippen LogP contribution in [0.15, 0.2) is 73.3 Å². The number of hydrogen-bond donors (Lipinski definition) is 1. The summed E-state index contributed by atoms with van der Waals surface area (Å²) >= 11 is 0. The quantitative estimate of drug-likeness (QED) is 0.423. The highest BCUT2D eigenvalue weighted by Crippen LogP contribution is 2.26. The Morgan fingerprint density at radius 1 is 1.06 bits per heavy atom. The number of amides is 1. The monoisotopic (exact) mass is 440 g/mol. The number of carbonyl (C=O) groups is 1. The number of benzene rings is 2. The fourth-order valence-electron chi connectivity index (χ4n) is 4.42. The number of pyridine rings is 1. The highest BCUT2D eigenvalue weighted by atomic mass is 16.5. The molecule has 168 valence electrons. The lowest BCUT2D eigenvalue weighted by atomic mass is 9.90. The smallest absolute Gasteiger partial charge is 0.251 e. The largest absolute Gasteiger partial charge is 0.493 e. The molecule has 5 rings (SSSR count). The molecule has 0 bridgehead atoms. The molecule has 1 N–H and O–H groups in total. The van der Waals surface area contributed by atoms with Crippen LogP contribution in [0.25, 0.3) is 16.7 Å². The van der Waals surface area contributed by atoms with Gasteiger partial charge in [0.1, 0.15) is 12.1 Å². The predicted octanol–water partition coefficient (Wildman–Crippen LogP) is 5.31. The lowest BCUT2D eigenvalue weighted by Crippen LogP contribution is -2.22. The number of hydrogen-bond acceptors (Lipinski definition) is 4. The molecule has 4 aromatic rings. The van der Waals surface area contributed by atoms with Gasteiger partial charge in [0.25, 0.3) is 5.91 Å². The Balaban J connectivity index is 1.25. The molecule has 1 amide bonds. The van der Waals surface area contributed by atoms with Crippen LogP contribution < -0.4 is 10.1 Å². The van der Waals surface area contributed by atoms with E-state index in [4.69, 9.17) is 4.74 Å². The molecule has 0 radical (unpaired) electrons. The average molecular weight is 441 g/mol. The van der Waals surface area contributed by atoms with E-state index in [2.05, 4.69) is 15.3 Å². The Kier molecular flexibility index (Phi) is 6.33. The van der Waals surface area contributed by atoms with Gasteiger partial charge in [-0.15, -0.1) is 0 Å². The number of ether oxygens (including phenoxy) is 1. The van der Waals surface area contributed by atoms with Crippen LogP contribution in [0.2, 0.25) is 0 Å². The molecular weight excluding hydrogens is 412 g/mol. The van der Waals surface area contributed by atoms with E-state index < -0.39 is 0 Å². The van der Waals surface area contributed by atoms with Crippen molar-refractivity contribution in [3.8, 4) is 11.4 Å². The van der Waals surface area contributed by atoms with E-state index in [1.807, 2.05) is 59.2 Å². The summed E-state index contributed by atoms with van der Waals surface area (Å²) in [4.78, 5) is 21.2. The van der Waals surface area contributed by atoms with Crippen molar-refractivity contribution in [1.29, 1.82) is 0 Å². The van der Waals surface area contributed by atoms with Gasteiger partial charge in [0.15, 0.2) is 0 Å². The number of rotatable bonds is 7. The summed E-state index contributed by atoms with van der Waals surface area (Å²) in [6, 6.07) is 17.5. The molecule has 0 aliphatic heterocycles. The molecule has 0 spiro atoms. The molecule has 1 aliphatic rings. The van der Waals surface area contributed by atoms with Gasteiger partial charge in [-0.2, -0.15) is 0 Å². The zero-order valence-electron chi connectivity index (χ0n) is 18.6. The minimum Gasteiger partial charge on any atom is -0.493 e. The van der Waals surface area contributed by atoms with Crippen molar-refractivity contribution in [2.45, 2.75) is 38.6 Å². The molecular formula is C27H28N4O2. The molecule has 6 heteroatoms. The second kappa shape index (κ2) is 9.86. The van der Waals surface area contributed by atoms with E-state index in [0.29, 0.717) is 18.0 Å². The highest BCUT2D eigenvalue weighted by Gasteiger charge is 2.14. The highest BCUT2D eigenvalue weighted by molar-refractivity contribution is 5.97. The maximum Gasteiger partial charge on any atom is 0.251 e. The van der Waals surface area contributed by atoms with E-state index in [0.717, 1.165) is 34.6 Å². The lowest BCUT2D eigenvalue weighted by molar-refractivity contribution is 0.0951. The molecule has 1 aliphatic carbocycles. The van der Waals surface area contributed by atoms with Crippen LogP contribution in [0.1, 0.15) is 48.0 Å². The lowest BCUT2D eigenvalue weighted by Gasteiger charge is -2.21. The van der Waals surface area contributed by atoms with E-state index in [9.17, 15) is 4.79 Å². The van der Waals surface area contributed by atoms with Gasteiger partial charge in [-0.05, 0) is 72.9 Å². The first-order valence-electron chi connectivity index (χ1n) is 11.6. The van der Waals surface area contributed by atoms with Crippen LogP contribution in [-0.4, -0.2) is 27.0 Å². The number of nitrogens with zero attached hydrogens (tertiary/aromatic N) is 3.